The molecular weight excluding hydrogens is 350 g/mol. The monoisotopic (exact) mass is 365 g/mol. The Morgan fingerprint density at radius 1 is 0.955 bits per heavy atom. The Kier molecular flexibility index (Phi) is 5.27. The minimum Gasteiger partial charge on any atom is -0.496 e. The summed E-state index contributed by atoms with van der Waals surface area (Å²) < 4.78 is 16.6. The van der Waals surface area contributed by atoms with Crippen molar-refractivity contribution in [3.8, 4) is 17.2 Å². The van der Waals surface area contributed by atoms with Crippen LogP contribution in [0.4, 0.5) is 5.69 Å². The van der Waals surface area contributed by atoms with E-state index >= 15 is 0 Å². The second-order valence-corrected chi connectivity index (χ2v) is 5.29. The van der Waals surface area contributed by atoms with Gasteiger partial charge in [0.2, 0.25) is 0 Å². The molecule has 1 amide bonds. The highest BCUT2D eigenvalue weighted by Crippen LogP contribution is 2.35. The van der Waals surface area contributed by atoms with E-state index in [1.54, 1.807) is 18.2 Å². The van der Waals surface area contributed by atoms with Crippen molar-refractivity contribution in [3.05, 3.63) is 46.4 Å². The van der Waals surface area contributed by atoms with Crippen molar-refractivity contribution < 1.29 is 19.0 Å². The lowest BCUT2D eigenvalue weighted by atomic mass is 10.1. The van der Waals surface area contributed by atoms with E-state index in [1.807, 2.05) is 18.2 Å². The molecule has 0 bridgehead atoms. The first-order valence-electron chi connectivity index (χ1n) is 6.46. The van der Waals surface area contributed by atoms with E-state index in [2.05, 4.69) is 21.2 Å². The van der Waals surface area contributed by atoms with Gasteiger partial charge in [-0.3, -0.25) is 4.79 Å². The molecule has 6 heteroatoms. The Hall–Kier alpha value is -2.21. The number of carbonyl (C=O) groups is 1. The number of hydrogen-bond donors (Lipinski definition) is 1. The van der Waals surface area contributed by atoms with E-state index in [0.717, 1.165) is 4.47 Å². The van der Waals surface area contributed by atoms with Crippen LogP contribution in [-0.4, -0.2) is 27.2 Å². The first kappa shape index (κ1) is 16.2. The fraction of sp³-hybridized carbons (Fsp3) is 0.188. The van der Waals surface area contributed by atoms with Gasteiger partial charge in [0.25, 0.3) is 5.91 Å². The molecule has 0 saturated heterocycles. The van der Waals surface area contributed by atoms with Crippen LogP contribution < -0.4 is 19.5 Å². The highest BCUT2D eigenvalue weighted by molar-refractivity contribution is 9.10. The van der Waals surface area contributed by atoms with E-state index in [1.165, 1.54) is 21.3 Å². The highest BCUT2D eigenvalue weighted by atomic mass is 79.9. The van der Waals surface area contributed by atoms with Crippen LogP contribution in [0.2, 0.25) is 0 Å². The summed E-state index contributed by atoms with van der Waals surface area (Å²) in [4.78, 5) is 12.5. The molecule has 2 rings (SSSR count). The topological polar surface area (TPSA) is 56.8 Å². The van der Waals surface area contributed by atoms with Crippen LogP contribution in [0, 0.1) is 0 Å². The van der Waals surface area contributed by atoms with Crippen LogP contribution in [0.25, 0.3) is 0 Å². The second-order valence-electron chi connectivity index (χ2n) is 4.37. The van der Waals surface area contributed by atoms with Gasteiger partial charge in [-0.2, -0.15) is 0 Å². The van der Waals surface area contributed by atoms with Crippen LogP contribution in [0.5, 0.6) is 17.2 Å². The molecule has 0 radical (unpaired) electrons. The Balaban J connectivity index is 2.36. The molecular formula is C16H16BrNO4. The number of nitrogens with one attached hydrogen (secondary N) is 1. The van der Waals surface area contributed by atoms with E-state index in [-0.39, 0.29) is 5.91 Å². The Morgan fingerprint density at radius 2 is 1.59 bits per heavy atom. The summed E-state index contributed by atoms with van der Waals surface area (Å²) in [6.07, 6.45) is 0. The molecule has 0 aliphatic carbocycles. The largest absolute Gasteiger partial charge is 0.496 e. The number of benzene rings is 2. The van der Waals surface area contributed by atoms with Crippen molar-refractivity contribution in [1.82, 2.24) is 0 Å². The van der Waals surface area contributed by atoms with E-state index < -0.39 is 0 Å². The number of hydrogen-bond acceptors (Lipinski definition) is 4. The summed E-state index contributed by atoms with van der Waals surface area (Å²) in [7, 11) is 4.54. The van der Waals surface area contributed by atoms with Gasteiger partial charge in [-0.1, -0.05) is 22.0 Å². The lowest BCUT2D eigenvalue weighted by Gasteiger charge is -2.14. The van der Waals surface area contributed by atoms with Gasteiger partial charge in [-0.15, -0.1) is 0 Å². The number of ether oxygens (including phenoxy) is 3. The van der Waals surface area contributed by atoms with Gasteiger partial charge in [0.15, 0.2) is 11.5 Å². The van der Waals surface area contributed by atoms with Crippen LogP contribution in [-0.2, 0) is 0 Å². The molecule has 22 heavy (non-hydrogen) atoms. The quantitative estimate of drug-likeness (QED) is 0.876. The Morgan fingerprint density at radius 3 is 2.18 bits per heavy atom. The smallest absolute Gasteiger partial charge is 0.259 e. The minimum atomic E-state index is -0.295. The van der Waals surface area contributed by atoms with Crippen molar-refractivity contribution in [1.29, 1.82) is 0 Å². The molecule has 0 aromatic heterocycles. The third kappa shape index (κ3) is 3.51. The molecule has 0 saturated carbocycles. The molecule has 0 aliphatic rings. The van der Waals surface area contributed by atoms with Crippen molar-refractivity contribution >= 4 is 27.5 Å². The van der Waals surface area contributed by atoms with Crippen LogP contribution >= 0.6 is 15.9 Å². The molecule has 0 aliphatic heterocycles. The normalized spacial score (nSPS) is 10.0. The summed E-state index contributed by atoms with van der Waals surface area (Å²) in [6.45, 7) is 0. The summed E-state index contributed by atoms with van der Waals surface area (Å²) >= 11 is 3.37. The Labute approximate surface area is 137 Å². The maximum Gasteiger partial charge on any atom is 0.259 e. The fourth-order valence-corrected chi connectivity index (χ4v) is 2.37. The molecule has 0 atom stereocenters. The molecule has 116 valence electrons. The van der Waals surface area contributed by atoms with Gasteiger partial charge in [0.05, 0.1) is 26.9 Å². The molecule has 5 nitrogen and oxygen atoms in total. The zero-order chi connectivity index (χ0) is 16.1. The maximum absolute atomic E-state index is 12.5. The van der Waals surface area contributed by atoms with Crippen molar-refractivity contribution in [2.24, 2.45) is 0 Å². The van der Waals surface area contributed by atoms with E-state index in [0.29, 0.717) is 28.5 Å². The van der Waals surface area contributed by atoms with Crippen molar-refractivity contribution in [2.75, 3.05) is 26.6 Å². The predicted molar refractivity (Wildman–Crippen MR) is 88.2 cm³/mol. The van der Waals surface area contributed by atoms with Gasteiger partial charge in [0.1, 0.15) is 5.75 Å². The SMILES string of the molecule is COc1cc(OC)c(C(=O)Nc2cccc(Br)c2)cc1OC. The maximum atomic E-state index is 12.5. The summed E-state index contributed by atoms with van der Waals surface area (Å²) in [5.74, 6) is 1.07. The molecule has 0 unspecified atom stereocenters. The van der Waals surface area contributed by atoms with Crippen LogP contribution in [0.1, 0.15) is 10.4 Å². The summed E-state index contributed by atoms with van der Waals surface area (Å²) in [5, 5.41) is 2.82. The van der Waals surface area contributed by atoms with Gasteiger partial charge >= 0.3 is 0 Å². The number of methoxy groups -OCH3 is 3. The molecule has 2 aromatic carbocycles. The van der Waals surface area contributed by atoms with Gasteiger partial charge in [-0.25, -0.2) is 0 Å². The molecule has 1 N–H and O–H groups in total. The molecule has 2 aromatic rings. The second kappa shape index (κ2) is 7.17. The number of amides is 1. The molecule has 0 spiro atoms. The molecule has 0 fully saturated rings. The number of rotatable bonds is 5. The number of halogens is 1. The third-order valence-electron chi connectivity index (χ3n) is 3.03. The van der Waals surface area contributed by atoms with Crippen molar-refractivity contribution in [2.45, 2.75) is 0 Å². The summed E-state index contributed by atoms with van der Waals surface area (Å²) in [5.41, 5.74) is 1.04. The number of anilines is 1. The van der Waals surface area contributed by atoms with Crippen LogP contribution in [0.15, 0.2) is 40.9 Å². The lowest BCUT2D eigenvalue weighted by molar-refractivity contribution is 0.102. The van der Waals surface area contributed by atoms with E-state index in [9.17, 15) is 4.79 Å². The minimum absolute atomic E-state index is 0.295. The third-order valence-corrected chi connectivity index (χ3v) is 3.53. The van der Waals surface area contributed by atoms with Gasteiger partial charge < -0.3 is 19.5 Å². The first-order chi connectivity index (χ1) is 10.6. The first-order valence-corrected chi connectivity index (χ1v) is 7.25. The average Bonchev–Trinajstić information content (AvgIpc) is 2.53. The van der Waals surface area contributed by atoms with Crippen LogP contribution in [0.3, 0.4) is 0 Å². The molecule has 0 heterocycles. The standard InChI is InChI=1S/C16H16BrNO4/c1-20-13-9-15(22-3)14(21-2)8-12(13)16(19)18-11-6-4-5-10(17)7-11/h4-9H,1-3H3,(H,18,19). The fourth-order valence-electron chi connectivity index (χ4n) is 1.97. The van der Waals surface area contributed by atoms with Gasteiger partial charge in [0, 0.05) is 22.3 Å². The lowest BCUT2D eigenvalue weighted by Crippen LogP contribution is -2.13. The Bertz CT molecular complexity index is 688. The highest BCUT2D eigenvalue weighted by Gasteiger charge is 2.17. The zero-order valence-electron chi connectivity index (χ0n) is 12.5. The number of carbonyl (C=O) groups excluding carboxylic acids is 1. The van der Waals surface area contributed by atoms with Crippen molar-refractivity contribution in [3.63, 3.8) is 0 Å². The zero-order valence-corrected chi connectivity index (χ0v) is 14.1. The average molecular weight is 366 g/mol. The predicted octanol–water partition coefficient (Wildman–Crippen LogP) is 3.73. The van der Waals surface area contributed by atoms with Gasteiger partial charge in [-0.05, 0) is 18.2 Å². The van der Waals surface area contributed by atoms with E-state index in [4.69, 9.17) is 14.2 Å². The summed E-state index contributed by atoms with van der Waals surface area (Å²) in [6, 6.07) is 10.5.